The second-order valence-electron chi connectivity index (χ2n) is 6.71. The van der Waals surface area contributed by atoms with Crippen LogP contribution in [0.3, 0.4) is 0 Å². The zero-order valence-electron chi connectivity index (χ0n) is 13.6. The van der Waals surface area contributed by atoms with Crippen molar-refractivity contribution in [2.75, 3.05) is 0 Å². The van der Waals surface area contributed by atoms with Crippen LogP contribution < -0.4 is 10.5 Å². The third-order valence-corrected chi connectivity index (χ3v) is 3.58. The smallest absolute Gasteiger partial charge is 0.131 e. The van der Waals surface area contributed by atoms with Gasteiger partial charge in [0.15, 0.2) is 0 Å². The fraction of sp³-hybridized carbons (Fsp3) is 0.368. The first-order valence-corrected chi connectivity index (χ1v) is 7.42. The molecule has 2 N–H and O–H groups in total. The molecule has 0 aliphatic heterocycles. The van der Waals surface area contributed by atoms with E-state index in [1.165, 1.54) is 11.1 Å². The molecule has 0 aromatic heterocycles. The summed E-state index contributed by atoms with van der Waals surface area (Å²) in [5.74, 6) is 1.76. The molecule has 0 spiro atoms. The van der Waals surface area contributed by atoms with E-state index < -0.39 is 0 Å². The van der Waals surface area contributed by atoms with Crippen LogP contribution in [-0.4, -0.2) is 0 Å². The minimum Gasteiger partial charge on any atom is -0.457 e. The molecule has 0 saturated carbocycles. The molecule has 2 rings (SSSR count). The minimum atomic E-state index is 0.0450. The lowest BCUT2D eigenvalue weighted by atomic mass is 9.85. The summed E-state index contributed by atoms with van der Waals surface area (Å²) >= 11 is 0. The summed E-state index contributed by atoms with van der Waals surface area (Å²) in [5.41, 5.74) is 9.51. The highest BCUT2D eigenvalue weighted by atomic mass is 16.5. The van der Waals surface area contributed by atoms with Gasteiger partial charge in [-0.25, -0.2) is 0 Å². The Kier molecular flexibility index (Phi) is 4.38. The molecule has 1 atom stereocenters. The molecule has 0 saturated heterocycles. The van der Waals surface area contributed by atoms with E-state index in [-0.39, 0.29) is 11.5 Å². The van der Waals surface area contributed by atoms with Crippen LogP contribution in [-0.2, 0) is 5.41 Å². The third kappa shape index (κ3) is 3.85. The number of benzene rings is 2. The Morgan fingerprint density at radius 1 is 1.00 bits per heavy atom. The maximum absolute atomic E-state index is 6.08. The lowest BCUT2D eigenvalue weighted by Crippen LogP contribution is -2.12. The molecule has 0 unspecified atom stereocenters. The molecule has 2 aromatic carbocycles. The third-order valence-electron chi connectivity index (χ3n) is 3.58. The quantitative estimate of drug-likeness (QED) is 0.850. The van der Waals surface area contributed by atoms with Gasteiger partial charge in [-0.3, -0.25) is 0 Å². The Morgan fingerprint density at radius 2 is 1.62 bits per heavy atom. The Labute approximate surface area is 127 Å². The predicted octanol–water partition coefficient (Wildman–Crippen LogP) is 5.10. The van der Waals surface area contributed by atoms with Crippen LogP contribution in [0.5, 0.6) is 11.5 Å². The van der Waals surface area contributed by atoms with E-state index in [9.17, 15) is 0 Å². The summed E-state index contributed by atoms with van der Waals surface area (Å²) in [7, 11) is 0. The second kappa shape index (κ2) is 5.90. The van der Waals surface area contributed by atoms with Crippen LogP contribution in [0.4, 0.5) is 0 Å². The van der Waals surface area contributed by atoms with Gasteiger partial charge in [0.1, 0.15) is 11.5 Å². The lowest BCUT2D eigenvalue weighted by molar-refractivity contribution is 0.455. The van der Waals surface area contributed by atoms with Crippen LogP contribution in [0.15, 0.2) is 42.5 Å². The molecule has 112 valence electrons. The minimum absolute atomic E-state index is 0.0450. The predicted molar refractivity (Wildman–Crippen MR) is 89.0 cm³/mol. The van der Waals surface area contributed by atoms with E-state index in [0.717, 1.165) is 17.1 Å². The monoisotopic (exact) mass is 283 g/mol. The van der Waals surface area contributed by atoms with E-state index in [2.05, 4.69) is 45.9 Å². The largest absolute Gasteiger partial charge is 0.457 e. The summed E-state index contributed by atoms with van der Waals surface area (Å²) in [6.45, 7) is 10.7. The molecule has 0 heterocycles. The van der Waals surface area contributed by atoms with Crippen molar-refractivity contribution in [2.24, 2.45) is 5.73 Å². The standard InChI is InChI=1S/C19H25NO/c1-13-6-11-18(17(12-13)19(3,4)5)21-16-9-7-15(8-10-16)14(2)20/h6-12,14H,20H2,1-5H3/t14-/m1/s1. The van der Waals surface area contributed by atoms with Gasteiger partial charge >= 0.3 is 0 Å². The lowest BCUT2D eigenvalue weighted by Gasteiger charge is -2.23. The van der Waals surface area contributed by atoms with Crippen molar-refractivity contribution < 1.29 is 4.74 Å². The van der Waals surface area contributed by atoms with Crippen molar-refractivity contribution in [1.82, 2.24) is 0 Å². The fourth-order valence-corrected chi connectivity index (χ4v) is 2.29. The number of ether oxygens (including phenoxy) is 1. The van der Waals surface area contributed by atoms with Crippen LogP contribution in [0.25, 0.3) is 0 Å². The van der Waals surface area contributed by atoms with E-state index in [4.69, 9.17) is 10.5 Å². The zero-order valence-corrected chi connectivity index (χ0v) is 13.6. The van der Waals surface area contributed by atoms with Gasteiger partial charge in [-0.05, 0) is 43.0 Å². The summed E-state index contributed by atoms with van der Waals surface area (Å²) in [4.78, 5) is 0. The van der Waals surface area contributed by atoms with Crippen LogP contribution in [0.1, 0.15) is 50.4 Å². The van der Waals surface area contributed by atoms with Gasteiger partial charge in [0.2, 0.25) is 0 Å². The van der Waals surface area contributed by atoms with Gasteiger partial charge in [0, 0.05) is 11.6 Å². The number of rotatable bonds is 3. The van der Waals surface area contributed by atoms with Crippen molar-refractivity contribution in [3.05, 3.63) is 59.2 Å². The first kappa shape index (κ1) is 15.6. The highest BCUT2D eigenvalue weighted by molar-refractivity contribution is 5.44. The van der Waals surface area contributed by atoms with Gasteiger partial charge in [-0.2, -0.15) is 0 Å². The first-order chi connectivity index (χ1) is 9.77. The molecule has 2 aromatic rings. The summed E-state index contributed by atoms with van der Waals surface area (Å²) < 4.78 is 6.08. The highest BCUT2D eigenvalue weighted by Gasteiger charge is 2.19. The molecule has 0 aliphatic rings. The molecule has 0 radical (unpaired) electrons. The maximum atomic E-state index is 6.08. The van der Waals surface area contributed by atoms with Crippen molar-refractivity contribution in [2.45, 2.75) is 46.1 Å². The number of nitrogens with two attached hydrogens (primary N) is 1. The van der Waals surface area contributed by atoms with E-state index in [0.29, 0.717) is 0 Å². The number of hydrogen-bond donors (Lipinski definition) is 1. The zero-order chi connectivity index (χ0) is 15.6. The molecule has 21 heavy (non-hydrogen) atoms. The van der Waals surface area contributed by atoms with Gasteiger partial charge in [0.05, 0.1) is 0 Å². The number of hydrogen-bond acceptors (Lipinski definition) is 2. The molecule has 0 bridgehead atoms. The van der Waals surface area contributed by atoms with Crippen LogP contribution in [0, 0.1) is 6.92 Å². The SMILES string of the molecule is Cc1ccc(Oc2ccc([C@@H](C)N)cc2)c(C(C)(C)C)c1. The van der Waals surface area contributed by atoms with Gasteiger partial charge < -0.3 is 10.5 Å². The van der Waals surface area contributed by atoms with Gasteiger partial charge in [0.25, 0.3) is 0 Å². The van der Waals surface area contributed by atoms with Crippen LogP contribution in [0.2, 0.25) is 0 Å². The summed E-state index contributed by atoms with van der Waals surface area (Å²) in [6.07, 6.45) is 0. The number of aryl methyl sites for hydroxylation is 1. The topological polar surface area (TPSA) is 35.2 Å². The summed E-state index contributed by atoms with van der Waals surface area (Å²) in [6, 6.07) is 14.4. The average molecular weight is 283 g/mol. The fourth-order valence-electron chi connectivity index (χ4n) is 2.29. The van der Waals surface area contributed by atoms with Gasteiger partial charge in [-0.1, -0.05) is 50.6 Å². The molecular formula is C19H25NO. The molecule has 0 aliphatic carbocycles. The van der Waals surface area contributed by atoms with Crippen molar-refractivity contribution in [1.29, 1.82) is 0 Å². The Morgan fingerprint density at radius 3 is 2.14 bits per heavy atom. The molecule has 0 amide bonds. The molecular weight excluding hydrogens is 258 g/mol. The Balaban J connectivity index is 2.31. The Hall–Kier alpha value is -1.80. The van der Waals surface area contributed by atoms with Crippen LogP contribution >= 0.6 is 0 Å². The Bertz CT molecular complexity index is 606. The maximum Gasteiger partial charge on any atom is 0.131 e. The average Bonchev–Trinajstić information content (AvgIpc) is 2.40. The van der Waals surface area contributed by atoms with Crippen molar-refractivity contribution in [3.63, 3.8) is 0 Å². The first-order valence-electron chi connectivity index (χ1n) is 7.42. The van der Waals surface area contributed by atoms with E-state index >= 15 is 0 Å². The molecule has 2 nitrogen and oxygen atoms in total. The molecule has 2 heteroatoms. The normalized spacial score (nSPS) is 13.0. The van der Waals surface area contributed by atoms with Crippen molar-refractivity contribution >= 4 is 0 Å². The second-order valence-corrected chi connectivity index (χ2v) is 6.71. The van der Waals surface area contributed by atoms with E-state index in [1.54, 1.807) is 0 Å². The highest BCUT2D eigenvalue weighted by Crippen LogP contribution is 2.35. The van der Waals surface area contributed by atoms with Gasteiger partial charge in [-0.15, -0.1) is 0 Å². The summed E-state index contributed by atoms with van der Waals surface area (Å²) in [5, 5.41) is 0. The van der Waals surface area contributed by atoms with Crippen molar-refractivity contribution in [3.8, 4) is 11.5 Å². The van der Waals surface area contributed by atoms with E-state index in [1.807, 2.05) is 31.2 Å². The molecule has 0 fully saturated rings.